The number of benzene rings is 2. The van der Waals surface area contributed by atoms with Crippen molar-refractivity contribution in [1.82, 2.24) is 4.98 Å². The molecule has 0 atom stereocenters. The third-order valence-electron chi connectivity index (χ3n) is 4.68. The molecule has 0 amide bonds. The molecule has 32 heavy (non-hydrogen) atoms. The molecule has 0 aliphatic rings. The van der Waals surface area contributed by atoms with Crippen molar-refractivity contribution in [3.63, 3.8) is 0 Å². The van der Waals surface area contributed by atoms with E-state index < -0.39 is 44.9 Å². The molecule has 0 bridgehead atoms. The number of hydrogen-bond donors (Lipinski definition) is 0. The lowest BCUT2D eigenvalue weighted by molar-refractivity contribution is -0.384. The Morgan fingerprint density at radius 3 is 2.12 bits per heavy atom. The zero-order chi connectivity index (χ0) is 23.6. The smallest absolute Gasteiger partial charge is 0.357 e. The third kappa shape index (κ3) is 3.93. The molecule has 0 unspecified atom stereocenters. The Kier molecular flexibility index (Phi) is 6.06. The van der Waals surface area contributed by atoms with Gasteiger partial charge >= 0.3 is 11.9 Å². The predicted molar refractivity (Wildman–Crippen MR) is 112 cm³/mol. The lowest BCUT2D eigenvalue weighted by Crippen LogP contribution is -2.23. The highest BCUT2D eigenvalue weighted by molar-refractivity contribution is 6.18. The number of non-ortho nitro benzene ring substituents is 1. The SMILES string of the molecule is COC(=O)c1nc2ccc(C)cc2c(=O)c(C(=O)c2ccc([N+](=O)[O-])cc2)c1C(=O)OC. The van der Waals surface area contributed by atoms with Crippen molar-refractivity contribution < 1.29 is 28.8 Å². The standard InChI is InChI=1S/C22H16N2O8/c1-11-4-9-15-14(10-11)20(26)17(16(21(27)31-2)18(23-15)22(28)32-3)19(25)12-5-7-13(8-6-12)24(29)30/h4-10H,1-3H3. The van der Waals surface area contributed by atoms with Gasteiger partial charge in [0.2, 0.25) is 0 Å². The first-order valence-corrected chi connectivity index (χ1v) is 9.14. The van der Waals surface area contributed by atoms with E-state index in [0.29, 0.717) is 5.56 Å². The highest BCUT2D eigenvalue weighted by Crippen LogP contribution is 2.21. The molecule has 1 aromatic heterocycles. The molecule has 0 radical (unpaired) electrons. The predicted octanol–water partition coefficient (Wildman–Crippen LogP) is 2.62. The summed E-state index contributed by atoms with van der Waals surface area (Å²) < 4.78 is 9.44. The zero-order valence-electron chi connectivity index (χ0n) is 17.2. The number of nitrogens with zero attached hydrogens (tertiary/aromatic N) is 2. The van der Waals surface area contributed by atoms with Gasteiger partial charge in [-0.1, -0.05) is 11.6 Å². The van der Waals surface area contributed by atoms with Gasteiger partial charge in [-0.3, -0.25) is 19.7 Å². The van der Waals surface area contributed by atoms with Crippen LogP contribution in [0.5, 0.6) is 0 Å². The monoisotopic (exact) mass is 436 g/mol. The number of rotatable bonds is 5. The van der Waals surface area contributed by atoms with Gasteiger partial charge in [0, 0.05) is 23.1 Å². The number of methoxy groups -OCH3 is 2. The van der Waals surface area contributed by atoms with E-state index in [2.05, 4.69) is 4.98 Å². The molecule has 10 nitrogen and oxygen atoms in total. The number of nitro groups is 1. The number of hydrogen-bond acceptors (Lipinski definition) is 9. The fourth-order valence-corrected chi connectivity index (χ4v) is 3.11. The van der Waals surface area contributed by atoms with Crippen LogP contribution in [0, 0.1) is 17.0 Å². The number of aryl methyl sites for hydroxylation is 1. The molecule has 2 aromatic carbocycles. The van der Waals surface area contributed by atoms with Crippen LogP contribution in [0.3, 0.4) is 0 Å². The maximum absolute atomic E-state index is 13.4. The second kappa shape index (κ2) is 8.72. The van der Waals surface area contributed by atoms with Crippen LogP contribution in [0.4, 0.5) is 5.69 Å². The van der Waals surface area contributed by atoms with Crippen LogP contribution >= 0.6 is 0 Å². The number of carbonyl (C=O) groups excluding carboxylic acids is 3. The van der Waals surface area contributed by atoms with E-state index in [1.165, 1.54) is 12.1 Å². The van der Waals surface area contributed by atoms with Crippen molar-refractivity contribution in [2.45, 2.75) is 6.92 Å². The Morgan fingerprint density at radius 2 is 1.56 bits per heavy atom. The fourth-order valence-electron chi connectivity index (χ4n) is 3.11. The minimum atomic E-state index is -1.14. The molecule has 0 aliphatic heterocycles. The van der Waals surface area contributed by atoms with Gasteiger partial charge in [0.1, 0.15) is 5.56 Å². The summed E-state index contributed by atoms with van der Waals surface area (Å²) in [5.74, 6) is -3.13. The first kappa shape index (κ1) is 22.2. The largest absolute Gasteiger partial charge is 0.465 e. The number of ether oxygens (including phenoxy) is 2. The van der Waals surface area contributed by atoms with Crippen molar-refractivity contribution >= 4 is 34.3 Å². The number of esters is 2. The minimum absolute atomic E-state index is 0.00410. The summed E-state index contributed by atoms with van der Waals surface area (Å²) >= 11 is 0. The number of carbonyl (C=O) groups is 3. The van der Waals surface area contributed by atoms with Gasteiger partial charge in [-0.05, 0) is 31.2 Å². The molecule has 162 valence electrons. The van der Waals surface area contributed by atoms with Crippen LogP contribution in [-0.4, -0.2) is 41.8 Å². The van der Waals surface area contributed by atoms with Gasteiger partial charge in [0.05, 0.1) is 30.2 Å². The van der Waals surface area contributed by atoms with Crippen LogP contribution in [0.25, 0.3) is 10.9 Å². The van der Waals surface area contributed by atoms with E-state index in [1.54, 1.807) is 13.0 Å². The van der Waals surface area contributed by atoms with Crippen LogP contribution in [0.1, 0.15) is 42.3 Å². The van der Waals surface area contributed by atoms with Crippen LogP contribution < -0.4 is 5.43 Å². The first-order valence-electron chi connectivity index (χ1n) is 9.14. The van der Waals surface area contributed by atoms with Crippen molar-refractivity contribution in [1.29, 1.82) is 0 Å². The molecule has 1 heterocycles. The van der Waals surface area contributed by atoms with Gasteiger partial charge in [0.25, 0.3) is 5.69 Å². The number of fused-ring (bicyclic) bond motifs is 1. The topological polar surface area (TPSA) is 143 Å². The van der Waals surface area contributed by atoms with E-state index in [-0.39, 0.29) is 22.2 Å². The van der Waals surface area contributed by atoms with E-state index in [0.717, 1.165) is 38.5 Å². The Bertz CT molecular complexity index is 1350. The number of nitro benzene ring substituents is 1. The number of aromatic nitrogens is 1. The van der Waals surface area contributed by atoms with E-state index in [1.807, 2.05) is 0 Å². The van der Waals surface area contributed by atoms with Crippen molar-refractivity contribution in [2.24, 2.45) is 0 Å². The molecule has 3 aromatic rings. The average molecular weight is 436 g/mol. The maximum atomic E-state index is 13.4. The third-order valence-corrected chi connectivity index (χ3v) is 4.68. The molecule has 0 N–H and O–H groups in total. The maximum Gasteiger partial charge on any atom is 0.357 e. The quantitative estimate of drug-likeness (QED) is 0.255. The second-order valence-electron chi connectivity index (χ2n) is 6.68. The average Bonchev–Trinajstić information content (AvgIpc) is 2.92. The van der Waals surface area contributed by atoms with Gasteiger partial charge in [-0.2, -0.15) is 0 Å². The normalized spacial score (nSPS) is 10.5. The van der Waals surface area contributed by atoms with Crippen molar-refractivity contribution in [2.75, 3.05) is 14.2 Å². The van der Waals surface area contributed by atoms with E-state index >= 15 is 0 Å². The molecule has 0 saturated carbocycles. The Morgan fingerprint density at radius 1 is 0.938 bits per heavy atom. The Labute approximate surface area is 180 Å². The summed E-state index contributed by atoms with van der Waals surface area (Å²) in [4.78, 5) is 66.3. The van der Waals surface area contributed by atoms with Gasteiger partial charge in [-0.25, -0.2) is 14.6 Å². The fraction of sp³-hybridized carbons (Fsp3) is 0.136. The molecule has 0 saturated heterocycles. The molecular formula is C22H16N2O8. The molecule has 10 heteroatoms. The van der Waals surface area contributed by atoms with Gasteiger partial charge in [0.15, 0.2) is 16.9 Å². The summed E-state index contributed by atoms with van der Waals surface area (Å²) in [5.41, 5.74) is -2.37. The lowest BCUT2D eigenvalue weighted by atomic mass is 9.97. The Balaban J connectivity index is 2.48. The molecule has 0 fully saturated rings. The Hall–Kier alpha value is -4.47. The van der Waals surface area contributed by atoms with Crippen LogP contribution in [0.2, 0.25) is 0 Å². The lowest BCUT2D eigenvalue weighted by Gasteiger charge is -2.07. The van der Waals surface area contributed by atoms with Crippen molar-refractivity contribution in [3.05, 3.63) is 90.7 Å². The van der Waals surface area contributed by atoms with Gasteiger partial charge < -0.3 is 9.47 Å². The summed E-state index contributed by atoms with van der Waals surface area (Å²) in [5, 5.41) is 10.9. The van der Waals surface area contributed by atoms with E-state index in [9.17, 15) is 29.3 Å². The second-order valence-corrected chi connectivity index (χ2v) is 6.68. The molecule has 0 aliphatic carbocycles. The number of ketones is 1. The molecular weight excluding hydrogens is 420 g/mol. The summed E-state index contributed by atoms with van der Waals surface area (Å²) in [6, 6.07) is 9.05. The zero-order valence-corrected chi connectivity index (χ0v) is 17.2. The van der Waals surface area contributed by atoms with E-state index in [4.69, 9.17) is 9.47 Å². The summed E-state index contributed by atoms with van der Waals surface area (Å²) in [6.07, 6.45) is 0. The molecule has 0 spiro atoms. The highest BCUT2D eigenvalue weighted by Gasteiger charge is 2.30. The summed E-state index contributed by atoms with van der Waals surface area (Å²) in [6.45, 7) is 1.71. The van der Waals surface area contributed by atoms with Crippen LogP contribution in [-0.2, 0) is 9.47 Å². The summed E-state index contributed by atoms with van der Waals surface area (Å²) in [7, 11) is 2.07. The van der Waals surface area contributed by atoms with Gasteiger partial charge in [-0.15, -0.1) is 0 Å². The van der Waals surface area contributed by atoms with Crippen molar-refractivity contribution in [3.8, 4) is 0 Å². The van der Waals surface area contributed by atoms with Crippen LogP contribution in [0.15, 0.2) is 47.3 Å². The molecule has 3 rings (SSSR count). The highest BCUT2D eigenvalue weighted by atomic mass is 16.6. The first-order chi connectivity index (χ1) is 15.2. The minimum Gasteiger partial charge on any atom is -0.465 e.